The third kappa shape index (κ3) is 5.88. The van der Waals surface area contributed by atoms with Crippen molar-refractivity contribution in [1.82, 2.24) is 5.32 Å². The van der Waals surface area contributed by atoms with E-state index in [-0.39, 0.29) is 11.9 Å². The second-order valence-electron chi connectivity index (χ2n) is 5.91. The van der Waals surface area contributed by atoms with Crippen LogP contribution < -0.4 is 11.1 Å². The van der Waals surface area contributed by atoms with Crippen molar-refractivity contribution in [2.75, 3.05) is 6.54 Å². The maximum absolute atomic E-state index is 12.2. The minimum atomic E-state index is 0.113. The van der Waals surface area contributed by atoms with Crippen molar-refractivity contribution in [2.24, 2.45) is 17.6 Å². The van der Waals surface area contributed by atoms with E-state index in [0.717, 1.165) is 19.3 Å². The number of hydrogen-bond acceptors (Lipinski definition) is 2. The zero-order valence-electron chi connectivity index (χ0n) is 13.6. The molecule has 0 aliphatic heterocycles. The van der Waals surface area contributed by atoms with Gasteiger partial charge < -0.3 is 11.1 Å². The van der Waals surface area contributed by atoms with Gasteiger partial charge in [0.1, 0.15) is 0 Å². The van der Waals surface area contributed by atoms with Crippen LogP contribution in [0.2, 0.25) is 0 Å². The number of amides is 1. The summed E-state index contributed by atoms with van der Waals surface area (Å²) in [5.74, 6) is 1.01. The summed E-state index contributed by atoms with van der Waals surface area (Å²) >= 11 is 0. The summed E-state index contributed by atoms with van der Waals surface area (Å²) in [5, 5.41) is 3.23. The standard InChI is InChI=1S/C18H30N2O/c1-4-15(5-2)18(16-9-7-6-8-10-16)20-17(21)12-11-14(3)13-19/h6-10,14-15,18H,4-5,11-13,19H2,1-3H3,(H,20,21). The molecular weight excluding hydrogens is 260 g/mol. The monoisotopic (exact) mass is 290 g/mol. The van der Waals surface area contributed by atoms with E-state index in [1.165, 1.54) is 5.56 Å². The van der Waals surface area contributed by atoms with Gasteiger partial charge in [0.25, 0.3) is 0 Å². The first kappa shape index (κ1) is 17.7. The van der Waals surface area contributed by atoms with E-state index in [4.69, 9.17) is 5.73 Å². The molecule has 118 valence electrons. The highest BCUT2D eigenvalue weighted by atomic mass is 16.1. The van der Waals surface area contributed by atoms with Crippen molar-refractivity contribution in [1.29, 1.82) is 0 Å². The second-order valence-corrected chi connectivity index (χ2v) is 5.91. The Morgan fingerprint density at radius 3 is 2.33 bits per heavy atom. The number of carbonyl (C=O) groups excluding carboxylic acids is 1. The first-order chi connectivity index (χ1) is 10.1. The van der Waals surface area contributed by atoms with E-state index >= 15 is 0 Å². The largest absolute Gasteiger partial charge is 0.349 e. The van der Waals surface area contributed by atoms with Crippen LogP contribution in [-0.4, -0.2) is 12.5 Å². The van der Waals surface area contributed by atoms with Crippen LogP contribution in [-0.2, 0) is 4.79 Å². The molecule has 0 heterocycles. The average molecular weight is 290 g/mol. The lowest BCUT2D eigenvalue weighted by Crippen LogP contribution is -2.33. The number of benzene rings is 1. The summed E-state index contributed by atoms with van der Waals surface area (Å²) < 4.78 is 0. The molecule has 2 unspecified atom stereocenters. The predicted octanol–water partition coefficient (Wildman–Crippen LogP) is 3.66. The molecule has 3 nitrogen and oxygen atoms in total. The van der Waals surface area contributed by atoms with Crippen molar-refractivity contribution < 1.29 is 4.79 Å². The first-order valence-corrected chi connectivity index (χ1v) is 8.16. The summed E-state index contributed by atoms with van der Waals surface area (Å²) in [4.78, 5) is 12.2. The highest BCUT2D eigenvalue weighted by Gasteiger charge is 2.22. The number of rotatable bonds is 9. The Morgan fingerprint density at radius 2 is 1.81 bits per heavy atom. The van der Waals surface area contributed by atoms with Crippen LogP contribution in [0, 0.1) is 11.8 Å². The van der Waals surface area contributed by atoms with Crippen molar-refractivity contribution >= 4 is 5.91 Å². The first-order valence-electron chi connectivity index (χ1n) is 8.16. The summed E-state index contributed by atoms with van der Waals surface area (Å²) in [6, 6.07) is 10.4. The van der Waals surface area contributed by atoms with E-state index in [1.54, 1.807) is 0 Å². The molecule has 2 atom stereocenters. The minimum Gasteiger partial charge on any atom is -0.349 e. The third-order valence-electron chi connectivity index (χ3n) is 4.26. The van der Waals surface area contributed by atoms with E-state index < -0.39 is 0 Å². The molecule has 3 N–H and O–H groups in total. The van der Waals surface area contributed by atoms with Crippen molar-refractivity contribution in [3.05, 3.63) is 35.9 Å². The fraction of sp³-hybridized carbons (Fsp3) is 0.611. The quantitative estimate of drug-likeness (QED) is 0.729. The Kier molecular flexibility index (Phi) is 8.06. The van der Waals surface area contributed by atoms with Gasteiger partial charge in [-0.1, -0.05) is 63.9 Å². The van der Waals surface area contributed by atoms with Gasteiger partial charge >= 0.3 is 0 Å². The number of carbonyl (C=O) groups is 1. The predicted molar refractivity (Wildman–Crippen MR) is 88.9 cm³/mol. The zero-order valence-corrected chi connectivity index (χ0v) is 13.6. The molecule has 1 rings (SSSR count). The summed E-state index contributed by atoms with van der Waals surface area (Å²) in [5.41, 5.74) is 6.81. The van der Waals surface area contributed by atoms with Crippen molar-refractivity contribution in [3.8, 4) is 0 Å². The van der Waals surface area contributed by atoms with E-state index in [9.17, 15) is 4.79 Å². The van der Waals surface area contributed by atoms with Crippen LogP contribution in [0.5, 0.6) is 0 Å². The fourth-order valence-corrected chi connectivity index (χ4v) is 2.63. The lowest BCUT2D eigenvalue weighted by Gasteiger charge is -2.27. The maximum Gasteiger partial charge on any atom is 0.220 e. The number of nitrogens with two attached hydrogens (primary N) is 1. The highest BCUT2D eigenvalue weighted by molar-refractivity contribution is 5.76. The zero-order chi connectivity index (χ0) is 15.7. The molecular formula is C18H30N2O. The fourth-order valence-electron chi connectivity index (χ4n) is 2.63. The lowest BCUT2D eigenvalue weighted by molar-refractivity contribution is -0.122. The molecule has 0 aliphatic carbocycles. The third-order valence-corrected chi connectivity index (χ3v) is 4.26. The second kappa shape index (κ2) is 9.56. The van der Waals surface area contributed by atoms with Gasteiger partial charge in [-0.3, -0.25) is 4.79 Å². The Hall–Kier alpha value is -1.35. The molecule has 1 aromatic rings. The minimum absolute atomic E-state index is 0.113. The summed E-state index contributed by atoms with van der Waals surface area (Å²) in [6.07, 6.45) is 3.54. The van der Waals surface area contributed by atoms with Gasteiger partial charge in [-0.05, 0) is 30.4 Å². The van der Waals surface area contributed by atoms with Gasteiger partial charge in [-0.15, -0.1) is 0 Å². The van der Waals surface area contributed by atoms with Crippen molar-refractivity contribution in [2.45, 2.75) is 52.5 Å². The lowest BCUT2D eigenvalue weighted by atomic mass is 9.88. The molecule has 0 aromatic heterocycles. The van der Waals surface area contributed by atoms with Crippen LogP contribution in [0.4, 0.5) is 0 Å². The number of nitrogens with one attached hydrogen (secondary N) is 1. The molecule has 1 aromatic carbocycles. The van der Waals surface area contributed by atoms with Crippen LogP contribution >= 0.6 is 0 Å². The molecule has 1 amide bonds. The average Bonchev–Trinajstić information content (AvgIpc) is 2.53. The van der Waals surface area contributed by atoms with Gasteiger partial charge in [0, 0.05) is 6.42 Å². The smallest absolute Gasteiger partial charge is 0.220 e. The molecule has 0 bridgehead atoms. The van der Waals surface area contributed by atoms with Gasteiger partial charge in [0.15, 0.2) is 0 Å². The normalized spacial score (nSPS) is 14.0. The maximum atomic E-state index is 12.2. The molecule has 0 saturated carbocycles. The molecule has 0 fully saturated rings. The van der Waals surface area contributed by atoms with E-state index in [2.05, 4.69) is 38.2 Å². The molecule has 21 heavy (non-hydrogen) atoms. The summed E-state index contributed by atoms with van der Waals surface area (Å²) in [7, 11) is 0. The van der Waals surface area contributed by atoms with Crippen molar-refractivity contribution in [3.63, 3.8) is 0 Å². The molecule has 3 heteroatoms. The Morgan fingerprint density at radius 1 is 1.19 bits per heavy atom. The Balaban J connectivity index is 2.72. The van der Waals surface area contributed by atoms with Gasteiger partial charge in [-0.2, -0.15) is 0 Å². The molecule has 0 saturated heterocycles. The highest BCUT2D eigenvalue weighted by Crippen LogP contribution is 2.27. The summed E-state index contributed by atoms with van der Waals surface area (Å²) in [6.45, 7) is 7.10. The molecule has 0 aliphatic rings. The van der Waals surface area contributed by atoms with Crippen LogP contribution in [0.1, 0.15) is 58.1 Å². The molecule has 0 spiro atoms. The Bertz CT molecular complexity index is 401. The Labute approximate surface area is 129 Å². The van der Waals surface area contributed by atoms with E-state index in [1.807, 2.05) is 18.2 Å². The van der Waals surface area contributed by atoms with Crippen LogP contribution in [0.15, 0.2) is 30.3 Å². The SMILES string of the molecule is CCC(CC)C(NC(=O)CCC(C)CN)c1ccccc1. The van der Waals surface area contributed by atoms with Crippen LogP contribution in [0.3, 0.4) is 0 Å². The van der Waals surface area contributed by atoms with E-state index in [0.29, 0.717) is 24.8 Å². The topological polar surface area (TPSA) is 55.1 Å². The van der Waals surface area contributed by atoms with Gasteiger partial charge in [0.05, 0.1) is 6.04 Å². The number of hydrogen-bond donors (Lipinski definition) is 2. The molecule has 0 radical (unpaired) electrons. The van der Waals surface area contributed by atoms with Gasteiger partial charge in [0.2, 0.25) is 5.91 Å². The van der Waals surface area contributed by atoms with Crippen LogP contribution in [0.25, 0.3) is 0 Å². The van der Waals surface area contributed by atoms with Gasteiger partial charge in [-0.25, -0.2) is 0 Å².